The van der Waals surface area contributed by atoms with E-state index in [1.54, 1.807) is 0 Å². The molecule has 1 rings (SSSR count). The predicted molar refractivity (Wildman–Crippen MR) is 58.3 cm³/mol. The third-order valence-corrected chi connectivity index (χ3v) is 2.64. The van der Waals surface area contributed by atoms with E-state index >= 15 is 0 Å². The van der Waals surface area contributed by atoms with Gasteiger partial charge < -0.3 is 5.32 Å². The van der Waals surface area contributed by atoms with E-state index in [9.17, 15) is 9.59 Å². The number of imide groups is 1. The van der Waals surface area contributed by atoms with Gasteiger partial charge in [-0.3, -0.25) is 14.5 Å². The summed E-state index contributed by atoms with van der Waals surface area (Å²) in [5.74, 6) is -0.0236. The van der Waals surface area contributed by atoms with Crippen LogP contribution in [0.1, 0.15) is 39.5 Å². The van der Waals surface area contributed by atoms with E-state index in [4.69, 9.17) is 0 Å². The van der Waals surface area contributed by atoms with Crippen molar-refractivity contribution in [2.45, 2.75) is 45.6 Å². The number of nitrogens with zero attached hydrogens (tertiary/aromatic N) is 1. The minimum absolute atomic E-state index is 0.0118. The number of likely N-dealkylation sites (N-methyl/N-ethyl adjacent to an activating group) is 1. The van der Waals surface area contributed by atoms with Crippen LogP contribution < -0.4 is 5.32 Å². The highest BCUT2D eigenvalue weighted by molar-refractivity contribution is 5.96. The number of amides is 2. The molecule has 1 aliphatic rings. The first kappa shape index (κ1) is 12.2. The van der Waals surface area contributed by atoms with Crippen molar-refractivity contribution in [3.63, 3.8) is 0 Å². The molecule has 1 unspecified atom stereocenters. The van der Waals surface area contributed by atoms with Gasteiger partial charge in [-0.2, -0.15) is 0 Å². The standard InChI is InChI=1S/C11H20N2O2/c1-3-12-9(2)8-13-10(14)6-4-5-7-11(13)15/h9,12H,3-8H2,1-2H3. The molecule has 2 amide bonds. The maximum Gasteiger partial charge on any atom is 0.229 e. The van der Waals surface area contributed by atoms with Gasteiger partial charge in [0.15, 0.2) is 0 Å². The molecule has 0 bridgehead atoms. The van der Waals surface area contributed by atoms with E-state index in [1.165, 1.54) is 4.90 Å². The SMILES string of the molecule is CCNC(C)CN1C(=O)CCCCC1=O. The molecule has 1 heterocycles. The summed E-state index contributed by atoms with van der Waals surface area (Å²) >= 11 is 0. The number of nitrogens with one attached hydrogen (secondary N) is 1. The van der Waals surface area contributed by atoms with Crippen molar-refractivity contribution in [2.75, 3.05) is 13.1 Å². The van der Waals surface area contributed by atoms with Crippen molar-refractivity contribution in [2.24, 2.45) is 0 Å². The monoisotopic (exact) mass is 212 g/mol. The second kappa shape index (κ2) is 5.85. The average molecular weight is 212 g/mol. The third kappa shape index (κ3) is 3.63. The van der Waals surface area contributed by atoms with Crippen molar-refractivity contribution >= 4 is 11.8 Å². The van der Waals surface area contributed by atoms with E-state index in [-0.39, 0.29) is 17.9 Å². The highest BCUT2D eigenvalue weighted by Crippen LogP contribution is 2.12. The van der Waals surface area contributed by atoms with Crippen LogP contribution in [0.4, 0.5) is 0 Å². The fourth-order valence-corrected chi connectivity index (χ4v) is 1.85. The van der Waals surface area contributed by atoms with Crippen molar-refractivity contribution in [1.29, 1.82) is 0 Å². The Morgan fingerprint density at radius 2 is 1.80 bits per heavy atom. The lowest BCUT2D eigenvalue weighted by molar-refractivity contribution is -0.144. The summed E-state index contributed by atoms with van der Waals surface area (Å²) in [6.07, 6.45) is 2.72. The fraction of sp³-hybridized carbons (Fsp3) is 0.818. The highest BCUT2D eigenvalue weighted by atomic mass is 16.2. The van der Waals surface area contributed by atoms with Gasteiger partial charge in [0.2, 0.25) is 11.8 Å². The summed E-state index contributed by atoms with van der Waals surface area (Å²) in [6.45, 7) is 5.38. The van der Waals surface area contributed by atoms with Crippen LogP contribution in [0.15, 0.2) is 0 Å². The van der Waals surface area contributed by atoms with Crippen LogP contribution in [0.2, 0.25) is 0 Å². The van der Waals surface area contributed by atoms with E-state index in [0.717, 1.165) is 19.4 Å². The molecule has 15 heavy (non-hydrogen) atoms. The molecule has 0 spiro atoms. The number of likely N-dealkylation sites (tertiary alicyclic amines) is 1. The molecule has 1 saturated heterocycles. The van der Waals surface area contributed by atoms with Crippen LogP contribution in [-0.2, 0) is 9.59 Å². The molecule has 86 valence electrons. The van der Waals surface area contributed by atoms with Gasteiger partial charge in [0.05, 0.1) is 0 Å². The summed E-state index contributed by atoms with van der Waals surface area (Å²) in [6, 6.07) is 0.181. The molecule has 0 aliphatic carbocycles. The number of hydrogen-bond donors (Lipinski definition) is 1. The van der Waals surface area contributed by atoms with E-state index in [1.807, 2.05) is 13.8 Å². The first-order chi connectivity index (χ1) is 7.15. The van der Waals surface area contributed by atoms with Crippen molar-refractivity contribution in [3.05, 3.63) is 0 Å². The molecule has 1 fully saturated rings. The second-order valence-corrected chi connectivity index (χ2v) is 4.06. The van der Waals surface area contributed by atoms with Crippen LogP contribution in [0.3, 0.4) is 0 Å². The smallest absolute Gasteiger partial charge is 0.229 e. The molecule has 0 aromatic carbocycles. The van der Waals surface area contributed by atoms with Crippen LogP contribution in [0.5, 0.6) is 0 Å². The lowest BCUT2D eigenvalue weighted by Gasteiger charge is -2.23. The molecular formula is C11H20N2O2. The second-order valence-electron chi connectivity index (χ2n) is 4.06. The van der Waals surface area contributed by atoms with Gasteiger partial charge >= 0.3 is 0 Å². The Hall–Kier alpha value is -0.900. The Kier molecular flexibility index (Phi) is 4.75. The molecule has 0 aromatic rings. The van der Waals surface area contributed by atoms with Crippen LogP contribution in [0.25, 0.3) is 0 Å². The molecule has 1 N–H and O–H groups in total. The minimum Gasteiger partial charge on any atom is -0.313 e. The quantitative estimate of drug-likeness (QED) is 0.705. The van der Waals surface area contributed by atoms with Gasteiger partial charge in [0.25, 0.3) is 0 Å². The van der Waals surface area contributed by atoms with Crippen molar-refractivity contribution in [1.82, 2.24) is 10.2 Å². The molecule has 0 saturated carbocycles. The molecule has 4 nitrogen and oxygen atoms in total. The van der Waals surface area contributed by atoms with Gasteiger partial charge in [0, 0.05) is 25.4 Å². The largest absolute Gasteiger partial charge is 0.313 e. The Morgan fingerprint density at radius 3 is 2.27 bits per heavy atom. The maximum atomic E-state index is 11.6. The van der Waals surface area contributed by atoms with E-state index in [0.29, 0.717) is 19.4 Å². The first-order valence-electron chi connectivity index (χ1n) is 5.71. The lowest BCUT2D eigenvalue weighted by Crippen LogP contribution is -2.44. The molecule has 1 atom stereocenters. The summed E-state index contributed by atoms with van der Waals surface area (Å²) < 4.78 is 0. The minimum atomic E-state index is -0.0118. The molecule has 1 aliphatic heterocycles. The number of rotatable bonds is 4. The van der Waals surface area contributed by atoms with Gasteiger partial charge in [-0.15, -0.1) is 0 Å². The number of carbonyl (C=O) groups is 2. The lowest BCUT2D eigenvalue weighted by atomic mass is 10.2. The zero-order valence-electron chi connectivity index (χ0n) is 9.58. The van der Waals surface area contributed by atoms with Gasteiger partial charge in [-0.25, -0.2) is 0 Å². The number of carbonyl (C=O) groups excluding carboxylic acids is 2. The predicted octanol–water partition coefficient (Wildman–Crippen LogP) is 0.914. The van der Waals surface area contributed by atoms with Gasteiger partial charge in [-0.05, 0) is 26.3 Å². The summed E-state index contributed by atoms with van der Waals surface area (Å²) in [5.41, 5.74) is 0. The maximum absolute atomic E-state index is 11.6. The van der Waals surface area contributed by atoms with Gasteiger partial charge in [-0.1, -0.05) is 6.92 Å². The first-order valence-corrected chi connectivity index (χ1v) is 5.71. The number of hydrogen-bond acceptors (Lipinski definition) is 3. The van der Waals surface area contributed by atoms with Gasteiger partial charge in [0.1, 0.15) is 0 Å². The molecule has 0 aromatic heterocycles. The third-order valence-electron chi connectivity index (χ3n) is 2.64. The van der Waals surface area contributed by atoms with Crippen LogP contribution >= 0.6 is 0 Å². The zero-order valence-corrected chi connectivity index (χ0v) is 9.58. The summed E-state index contributed by atoms with van der Waals surface area (Å²) in [7, 11) is 0. The Labute approximate surface area is 91.0 Å². The summed E-state index contributed by atoms with van der Waals surface area (Å²) in [4.78, 5) is 24.7. The normalized spacial score (nSPS) is 20.3. The molecule has 0 radical (unpaired) electrons. The zero-order chi connectivity index (χ0) is 11.3. The molecule has 4 heteroatoms. The Bertz CT molecular complexity index is 223. The summed E-state index contributed by atoms with van der Waals surface area (Å²) in [5, 5.41) is 3.21. The topological polar surface area (TPSA) is 49.4 Å². The highest BCUT2D eigenvalue weighted by Gasteiger charge is 2.24. The van der Waals surface area contributed by atoms with E-state index < -0.39 is 0 Å². The molecular weight excluding hydrogens is 192 g/mol. The van der Waals surface area contributed by atoms with E-state index in [2.05, 4.69) is 5.32 Å². The van der Waals surface area contributed by atoms with Crippen LogP contribution in [-0.4, -0.2) is 35.8 Å². The Morgan fingerprint density at radius 1 is 1.27 bits per heavy atom. The van der Waals surface area contributed by atoms with Crippen LogP contribution in [0, 0.1) is 0 Å². The average Bonchev–Trinajstić information content (AvgIpc) is 2.33. The van der Waals surface area contributed by atoms with Crippen molar-refractivity contribution < 1.29 is 9.59 Å². The Balaban J connectivity index is 2.55. The fourth-order valence-electron chi connectivity index (χ4n) is 1.85. The van der Waals surface area contributed by atoms with Crippen molar-refractivity contribution in [3.8, 4) is 0 Å².